The fourth-order valence-corrected chi connectivity index (χ4v) is 5.12. The summed E-state index contributed by atoms with van der Waals surface area (Å²) in [5, 5.41) is 0. The summed E-state index contributed by atoms with van der Waals surface area (Å²) in [6, 6.07) is 7.40. The van der Waals surface area contributed by atoms with Crippen LogP contribution in [-0.4, -0.2) is 53.0 Å². The molecule has 0 radical (unpaired) electrons. The SMILES string of the molecule is CC(=O)NOC1(CCN2CCC(N(C(=O)c3ccco3)c3ccc(C)cn3)CC2)CCCCC1. The molecule has 1 aliphatic carbocycles. The number of hydroxylamine groups is 1. The highest BCUT2D eigenvalue weighted by atomic mass is 16.7. The van der Waals surface area contributed by atoms with E-state index in [1.807, 2.05) is 19.1 Å². The lowest BCUT2D eigenvalue weighted by atomic mass is 9.82. The van der Waals surface area contributed by atoms with Crippen molar-refractivity contribution >= 4 is 17.6 Å². The Morgan fingerprint density at radius 3 is 2.59 bits per heavy atom. The number of rotatable bonds is 8. The minimum Gasteiger partial charge on any atom is -0.459 e. The monoisotopic (exact) mass is 468 g/mol. The predicted octanol–water partition coefficient (Wildman–Crippen LogP) is 4.25. The summed E-state index contributed by atoms with van der Waals surface area (Å²) in [4.78, 5) is 39.4. The Morgan fingerprint density at radius 1 is 1.21 bits per heavy atom. The summed E-state index contributed by atoms with van der Waals surface area (Å²) in [7, 11) is 0. The molecule has 1 aliphatic heterocycles. The second kappa shape index (κ2) is 11.1. The number of aryl methyl sites for hydroxylation is 1. The van der Waals surface area contributed by atoms with E-state index in [0.717, 1.165) is 70.1 Å². The number of hydrogen-bond donors (Lipinski definition) is 1. The topological polar surface area (TPSA) is 87.9 Å². The van der Waals surface area contributed by atoms with E-state index in [0.29, 0.717) is 11.6 Å². The number of anilines is 1. The molecule has 34 heavy (non-hydrogen) atoms. The number of aromatic nitrogens is 1. The van der Waals surface area contributed by atoms with Gasteiger partial charge >= 0.3 is 0 Å². The van der Waals surface area contributed by atoms with Gasteiger partial charge < -0.3 is 9.32 Å². The second-order valence-electron chi connectivity index (χ2n) is 9.67. The number of amides is 2. The Bertz CT molecular complexity index is 930. The van der Waals surface area contributed by atoms with Crippen LogP contribution in [0.25, 0.3) is 0 Å². The van der Waals surface area contributed by atoms with Crippen LogP contribution < -0.4 is 10.4 Å². The van der Waals surface area contributed by atoms with Gasteiger partial charge in [0.1, 0.15) is 5.82 Å². The van der Waals surface area contributed by atoms with Crippen molar-refractivity contribution in [3.8, 4) is 0 Å². The fraction of sp³-hybridized carbons (Fsp3) is 0.577. The maximum Gasteiger partial charge on any atom is 0.295 e. The zero-order valence-corrected chi connectivity index (χ0v) is 20.3. The first-order chi connectivity index (χ1) is 16.5. The van der Waals surface area contributed by atoms with Gasteiger partial charge in [-0.1, -0.05) is 25.3 Å². The van der Waals surface area contributed by atoms with E-state index in [4.69, 9.17) is 9.25 Å². The van der Waals surface area contributed by atoms with Crippen molar-refractivity contribution in [2.24, 2.45) is 0 Å². The van der Waals surface area contributed by atoms with Crippen molar-refractivity contribution < 1.29 is 18.8 Å². The first kappa shape index (κ1) is 24.4. The minimum absolute atomic E-state index is 0.0586. The molecule has 2 fully saturated rings. The summed E-state index contributed by atoms with van der Waals surface area (Å²) in [6.07, 6.45) is 11.4. The van der Waals surface area contributed by atoms with Gasteiger partial charge in [0.05, 0.1) is 11.9 Å². The van der Waals surface area contributed by atoms with E-state index in [2.05, 4.69) is 15.4 Å². The van der Waals surface area contributed by atoms with Gasteiger partial charge in [-0.2, -0.15) is 0 Å². The van der Waals surface area contributed by atoms with E-state index in [-0.39, 0.29) is 23.5 Å². The summed E-state index contributed by atoms with van der Waals surface area (Å²) in [6.45, 7) is 6.19. The van der Waals surface area contributed by atoms with Crippen LogP contribution in [0.5, 0.6) is 0 Å². The van der Waals surface area contributed by atoms with Crippen LogP contribution in [0, 0.1) is 6.92 Å². The van der Waals surface area contributed by atoms with Gasteiger partial charge in [-0.25, -0.2) is 10.5 Å². The predicted molar refractivity (Wildman–Crippen MR) is 129 cm³/mol. The van der Waals surface area contributed by atoms with Gasteiger partial charge in [0.15, 0.2) is 5.76 Å². The summed E-state index contributed by atoms with van der Waals surface area (Å²) >= 11 is 0. The zero-order chi connectivity index (χ0) is 24.0. The average Bonchev–Trinajstić information content (AvgIpc) is 3.40. The van der Waals surface area contributed by atoms with Crippen LogP contribution in [0.3, 0.4) is 0 Å². The number of piperidine rings is 1. The molecule has 3 heterocycles. The van der Waals surface area contributed by atoms with Gasteiger partial charge in [-0.3, -0.25) is 19.3 Å². The molecule has 1 saturated carbocycles. The summed E-state index contributed by atoms with van der Waals surface area (Å²) in [5.74, 6) is 0.691. The average molecular weight is 469 g/mol. The maximum atomic E-state index is 13.3. The van der Waals surface area contributed by atoms with E-state index >= 15 is 0 Å². The largest absolute Gasteiger partial charge is 0.459 e. The number of carbonyl (C=O) groups excluding carboxylic acids is 2. The molecule has 2 aromatic rings. The number of carbonyl (C=O) groups is 2. The smallest absolute Gasteiger partial charge is 0.295 e. The fourth-order valence-electron chi connectivity index (χ4n) is 5.12. The lowest BCUT2D eigenvalue weighted by Gasteiger charge is -2.41. The Kier molecular flexibility index (Phi) is 8.00. The normalized spacial score (nSPS) is 19.0. The van der Waals surface area contributed by atoms with E-state index in [1.54, 1.807) is 23.2 Å². The number of furan rings is 1. The minimum atomic E-state index is -0.270. The van der Waals surface area contributed by atoms with Crippen LogP contribution in [0.15, 0.2) is 41.1 Å². The molecule has 0 atom stereocenters. The molecule has 0 bridgehead atoms. The van der Waals surface area contributed by atoms with E-state index < -0.39 is 0 Å². The molecule has 1 saturated heterocycles. The number of nitrogens with zero attached hydrogens (tertiary/aromatic N) is 3. The van der Waals surface area contributed by atoms with E-state index in [9.17, 15) is 9.59 Å². The molecule has 184 valence electrons. The highest BCUT2D eigenvalue weighted by Crippen LogP contribution is 2.34. The maximum absolute atomic E-state index is 13.3. The lowest BCUT2D eigenvalue weighted by molar-refractivity contribution is -0.160. The molecule has 0 spiro atoms. The molecule has 2 aliphatic rings. The summed E-state index contributed by atoms with van der Waals surface area (Å²) < 4.78 is 5.42. The highest BCUT2D eigenvalue weighted by Gasteiger charge is 2.36. The zero-order valence-electron chi connectivity index (χ0n) is 20.3. The van der Waals surface area contributed by atoms with Crippen LogP contribution >= 0.6 is 0 Å². The first-order valence-electron chi connectivity index (χ1n) is 12.4. The van der Waals surface area contributed by atoms with Gasteiger partial charge in [0.2, 0.25) is 5.91 Å². The van der Waals surface area contributed by atoms with Crippen molar-refractivity contribution in [2.45, 2.75) is 76.9 Å². The van der Waals surface area contributed by atoms with Crippen molar-refractivity contribution in [1.82, 2.24) is 15.4 Å². The van der Waals surface area contributed by atoms with Crippen LogP contribution in [0.2, 0.25) is 0 Å². The standard InChI is InChI=1S/C26H36N4O4/c1-20-8-9-24(27-19-20)30(25(32)23-7-6-18-33-23)22-10-15-29(16-11-22)17-14-26(34-28-21(2)31)12-4-3-5-13-26/h6-9,18-19,22H,3-5,10-17H2,1-2H3,(H,28,31). The molecular formula is C26H36N4O4. The Hall–Kier alpha value is -2.71. The van der Waals surface area contributed by atoms with Crippen molar-refractivity contribution in [1.29, 1.82) is 0 Å². The lowest BCUT2D eigenvalue weighted by Crippen LogP contribution is -2.49. The summed E-state index contributed by atoms with van der Waals surface area (Å²) in [5.41, 5.74) is 3.38. The third kappa shape index (κ3) is 6.04. The number of nitrogens with one attached hydrogen (secondary N) is 1. The third-order valence-corrected chi connectivity index (χ3v) is 7.08. The van der Waals surface area contributed by atoms with E-state index in [1.165, 1.54) is 19.6 Å². The Labute approximate surface area is 201 Å². The van der Waals surface area contributed by atoms with Gasteiger partial charge in [-0.15, -0.1) is 0 Å². The second-order valence-corrected chi connectivity index (χ2v) is 9.67. The van der Waals surface area contributed by atoms with Crippen molar-refractivity contribution in [3.63, 3.8) is 0 Å². The van der Waals surface area contributed by atoms with Gasteiger partial charge in [0.25, 0.3) is 5.91 Å². The number of likely N-dealkylation sites (tertiary alicyclic amines) is 1. The number of pyridine rings is 1. The molecule has 1 N–H and O–H groups in total. The molecule has 2 amide bonds. The van der Waals surface area contributed by atoms with Crippen LogP contribution in [0.4, 0.5) is 5.82 Å². The molecular weight excluding hydrogens is 432 g/mol. The van der Waals surface area contributed by atoms with Gasteiger partial charge in [0, 0.05) is 38.8 Å². The molecule has 0 aromatic carbocycles. The third-order valence-electron chi connectivity index (χ3n) is 7.08. The van der Waals surface area contributed by atoms with Crippen LogP contribution in [-0.2, 0) is 9.63 Å². The first-order valence-corrected chi connectivity index (χ1v) is 12.4. The van der Waals surface area contributed by atoms with Gasteiger partial charge in [-0.05, 0) is 62.8 Å². The number of hydrogen-bond acceptors (Lipinski definition) is 6. The Morgan fingerprint density at radius 2 is 1.97 bits per heavy atom. The van der Waals surface area contributed by atoms with Crippen LogP contribution in [0.1, 0.15) is 74.4 Å². The Balaban J connectivity index is 1.38. The molecule has 8 heteroatoms. The highest BCUT2D eigenvalue weighted by molar-refractivity contribution is 6.04. The van der Waals surface area contributed by atoms with Crippen molar-refractivity contribution in [3.05, 3.63) is 48.0 Å². The molecule has 0 unspecified atom stereocenters. The molecule has 8 nitrogen and oxygen atoms in total. The molecule has 4 rings (SSSR count). The quantitative estimate of drug-likeness (QED) is 0.583. The molecule has 2 aromatic heterocycles. The van der Waals surface area contributed by atoms with Crippen molar-refractivity contribution in [2.75, 3.05) is 24.5 Å².